The van der Waals surface area contributed by atoms with E-state index in [1.54, 1.807) is 17.0 Å². The molecule has 4 heteroatoms. The third-order valence-electron chi connectivity index (χ3n) is 2.66. The summed E-state index contributed by atoms with van der Waals surface area (Å²) >= 11 is 0. The van der Waals surface area contributed by atoms with Crippen molar-refractivity contribution in [1.29, 1.82) is 0 Å². The molecule has 1 aliphatic rings. The van der Waals surface area contributed by atoms with Gasteiger partial charge in [-0.2, -0.15) is 0 Å². The van der Waals surface area contributed by atoms with Gasteiger partial charge in [-0.15, -0.1) is 0 Å². The van der Waals surface area contributed by atoms with Crippen LogP contribution in [0.3, 0.4) is 0 Å². The topological polar surface area (TPSA) is 46.9 Å². The summed E-state index contributed by atoms with van der Waals surface area (Å²) in [5.41, 5.74) is 0.848. The average molecular weight is 193 g/mol. The maximum atomic E-state index is 11.5. The molecule has 0 radical (unpaired) electrons. The standard InChI is InChI=1S/C10H15N3O/c1-8-4-10(14)13(7-12-8)3-2-9-5-11-6-9/h4,7,9,11H,2-3,5-6H2,1H3. The van der Waals surface area contributed by atoms with Crippen LogP contribution in [0.1, 0.15) is 12.1 Å². The third kappa shape index (κ3) is 2.01. The maximum absolute atomic E-state index is 11.5. The summed E-state index contributed by atoms with van der Waals surface area (Å²) in [6.45, 7) is 4.81. The molecule has 0 bridgehead atoms. The van der Waals surface area contributed by atoms with Gasteiger partial charge in [0.1, 0.15) is 0 Å². The molecule has 1 saturated heterocycles. The minimum absolute atomic E-state index is 0.0600. The largest absolute Gasteiger partial charge is 0.316 e. The number of hydrogen-bond acceptors (Lipinski definition) is 3. The van der Waals surface area contributed by atoms with Gasteiger partial charge in [-0.25, -0.2) is 4.98 Å². The summed E-state index contributed by atoms with van der Waals surface area (Å²) < 4.78 is 1.69. The van der Waals surface area contributed by atoms with Crippen LogP contribution < -0.4 is 10.9 Å². The van der Waals surface area contributed by atoms with Crippen LogP contribution in [0.25, 0.3) is 0 Å². The number of rotatable bonds is 3. The normalized spacial score (nSPS) is 16.6. The predicted octanol–water partition coefficient (Wildman–Crippen LogP) is 0.161. The molecule has 0 aliphatic carbocycles. The quantitative estimate of drug-likeness (QED) is 0.744. The zero-order valence-electron chi connectivity index (χ0n) is 8.36. The molecule has 1 aromatic rings. The first-order valence-electron chi connectivity index (χ1n) is 4.99. The van der Waals surface area contributed by atoms with Gasteiger partial charge in [0, 0.05) is 18.3 Å². The molecule has 14 heavy (non-hydrogen) atoms. The van der Waals surface area contributed by atoms with E-state index in [1.807, 2.05) is 6.92 Å². The Bertz CT molecular complexity index is 368. The molecule has 0 aromatic carbocycles. The van der Waals surface area contributed by atoms with E-state index in [1.165, 1.54) is 0 Å². The van der Waals surface area contributed by atoms with Crippen molar-refractivity contribution in [2.45, 2.75) is 19.9 Å². The Morgan fingerprint density at radius 1 is 1.64 bits per heavy atom. The molecule has 1 aliphatic heterocycles. The van der Waals surface area contributed by atoms with Crippen LogP contribution in [-0.2, 0) is 6.54 Å². The lowest BCUT2D eigenvalue weighted by Crippen LogP contribution is -2.42. The lowest BCUT2D eigenvalue weighted by atomic mass is 10.00. The second-order valence-corrected chi connectivity index (χ2v) is 3.87. The molecule has 1 aromatic heterocycles. The van der Waals surface area contributed by atoms with Gasteiger partial charge in [0.2, 0.25) is 0 Å². The van der Waals surface area contributed by atoms with Crippen LogP contribution in [-0.4, -0.2) is 22.6 Å². The van der Waals surface area contributed by atoms with Crippen molar-refractivity contribution in [3.05, 3.63) is 28.4 Å². The Hall–Kier alpha value is -1.16. The molecule has 0 spiro atoms. The van der Waals surface area contributed by atoms with Crippen molar-refractivity contribution in [1.82, 2.24) is 14.9 Å². The fourth-order valence-electron chi connectivity index (χ4n) is 1.56. The van der Waals surface area contributed by atoms with Crippen LogP contribution in [0.15, 0.2) is 17.2 Å². The van der Waals surface area contributed by atoms with E-state index in [-0.39, 0.29) is 5.56 Å². The molecule has 2 heterocycles. The summed E-state index contributed by atoms with van der Waals surface area (Å²) in [7, 11) is 0. The molecule has 1 fully saturated rings. The van der Waals surface area contributed by atoms with Crippen LogP contribution in [0.4, 0.5) is 0 Å². The van der Waals surface area contributed by atoms with Crippen LogP contribution in [0.5, 0.6) is 0 Å². The second-order valence-electron chi connectivity index (χ2n) is 3.87. The maximum Gasteiger partial charge on any atom is 0.253 e. The minimum Gasteiger partial charge on any atom is -0.316 e. The van der Waals surface area contributed by atoms with Gasteiger partial charge in [-0.1, -0.05) is 0 Å². The van der Waals surface area contributed by atoms with E-state index < -0.39 is 0 Å². The van der Waals surface area contributed by atoms with Crippen molar-refractivity contribution < 1.29 is 0 Å². The molecule has 0 amide bonds. The third-order valence-corrected chi connectivity index (χ3v) is 2.66. The fourth-order valence-corrected chi connectivity index (χ4v) is 1.56. The summed E-state index contributed by atoms with van der Waals surface area (Å²) in [5, 5.41) is 3.22. The summed E-state index contributed by atoms with van der Waals surface area (Å²) in [4.78, 5) is 15.6. The number of nitrogens with one attached hydrogen (secondary N) is 1. The van der Waals surface area contributed by atoms with Crippen LogP contribution in [0.2, 0.25) is 0 Å². The van der Waals surface area contributed by atoms with Gasteiger partial charge in [0.05, 0.1) is 6.33 Å². The summed E-state index contributed by atoms with van der Waals surface area (Å²) in [6.07, 6.45) is 2.71. The highest BCUT2D eigenvalue weighted by Crippen LogP contribution is 2.08. The van der Waals surface area contributed by atoms with Gasteiger partial charge >= 0.3 is 0 Å². The van der Waals surface area contributed by atoms with Crippen LogP contribution >= 0.6 is 0 Å². The number of hydrogen-bond donors (Lipinski definition) is 1. The zero-order chi connectivity index (χ0) is 9.97. The van der Waals surface area contributed by atoms with Gasteiger partial charge in [-0.05, 0) is 32.4 Å². The number of nitrogens with zero attached hydrogens (tertiary/aromatic N) is 2. The smallest absolute Gasteiger partial charge is 0.253 e. The average Bonchev–Trinajstić information content (AvgIpc) is 2.05. The summed E-state index contributed by atoms with van der Waals surface area (Å²) in [5.74, 6) is 0.739. The Balaban J connectivity index is 1.98. The van der Waals surface area contributed by atoms with Crippen molar-refractivity contribution in [2.75, 3.05) is 13.1 Å². The second kappa shape index (κ2) is 3.92. The molecular formula is C10H15N3O. The van der Waals surface area contributed by atoms with Gasteiger partial charge in [0.15, 0.2) is 0 Å². The lowest BCUT2D eigenvalue weighted by molar-refractivity contribution is 0.310. The van der Waals surface area contributed by atoms with E-state index in [0.29, 0.717) is 0 Å². The van der Waals surface area contributed by atoms with E-state index in [9.17, 15) is 4.79 Å². The SMILES string of the molecule is Cc1cc(=O)n(CCC2CNC2)cn1. The molecule has 1 N–H and O–H groups in total. The molecule has 0 atom stereocenters. The molecule has 0 unspecified atom stereocenters. The molecular weight excluding hydrogens is 178 g/mol. The van der Waals surface area contributed by atoms with E-state index in [0.717, 1.165) is 37.7 Å². The fraction of sp³-hybridized carbons (Fsp3) is 0.600. The van der Waals surface area contributed by atoms with Gasteiger partial charge < -0.3 is 5.32 Å². The van der Waals surface area contributed by atoms with Gasteiger partial charge in [-0.3, -0.25) is 9.36 Å². The highest BCUT2D eigenvalue weighted by atomic mass is 16.1. The number of aryl methyl sites for hydroxylation is 2. The molecule has 0 saturated carbocycles. The van der Waals surface area contributed by atoms with Crippen molar-refractivity contribution in [3.63, 3.8) is 0 Å². The first-order valence-corrected chi connectivity index (χ1v) is 4.99. The monoisotopic (exact) mass is 193 g/mol. The first kappa shape index (κ1) is 9.40. The van der Waals surface area contributed by atoms with E-state index >= 15 is 0 Å². The highest BCUT2D eigenvalue weighted by Gasteiger charge is 2.16. The Labute approximate surface area is 83.0 Å². The molecule has 2 rings (SSSR count). The Morgan fingerprint density at radius 2 is 2.43 bits per heavy atom. The van der Waals surface area contributed by atoms with Crippen molar-refractivity contribution in [2.24, 2.45) is 5.92 Å². The molecule has 4 nitrogen and oxygen atoms in total. The number of aromatic nitrogens is 2. The first-order chi connectivity index (χ1) is 6.75. The van der Waals surface area contributed by atoms with E-state index in [4.69, 9.17) is 0 Å². The molecule has 76 valence electrons. The van der Waals surface area contributed by atoms with Crippen molar-refractivity contribution >= 4 is 0 Å². The van der Waals surface area contributed by atoms with Gasteiger partial charge in [0.25, 0.3) is 5.56 Å². The van der Waals surface area contributed by atoms with Crippen molar-refractivity contribution in [3.8, 4) is 0 Å². The van der Waals surface area contributed by atoms with E-state index in [2.05, 4.69) is 10.3 Å². The highest BCUT2D eigenvalue weighted by molar-refractivity contribution is 4.96. The Morgan fingerprint density at radius 3 is 3.00 bits per heavy atom. The zero-order valence-corrected chi connectivity index (χ0v) is 8.36. The Kier molecular flexibility index (Phi) is 2.63. The van der Waals surface area contributed by atoms with Crippen LogP contribution in [0, 0.1) is 12.8 Å². The lowest BCUT2D eigenvalue weighted by Gasteiger charge is -2.26. The summed E-state index contributed by atoms with van der Waals surface area (Å²) in [6, 6.07) is 1.58. The predicted molar refractivity (Wildman–Crippen MR) is 54.2 cm³/mol. The minimum atomic E-state index is 0.0600.